The monoisotopic (exact) mass is 728 g/mol. The van der Waals surface area contributed by atoms with Crippen LogP contribution in [0.2, 0.25) is 0 Å². The predicted octanol–water partition coefficient (Wildman–Crippen LogP) is 13.6. The van der Waals surface area contributed by atoms with Gasteiger partial charge in [-0.3, -0.25) is 0 Å². The average Bonchev–Trinajstić information content (AvgIpc) is 3.94. The fourth-order valence-corrected chi connectivity index (χ4v) is 8.78. The summed E-state index contributed by atoms with van der Waals surface area (Å²) in [5.41, 5.74) is 12.9. The molecule has 4 aromatic heterocycles. The molecule has 0 radical (unpaired) electrons. The maximum Gasteiger partial charge on any atom is 0.164 e. The molecule has 0 fully saturated rings. The van der Waals surface area contributed by atoms with Crippen molar-refractivity contribution in [1.29, 1.82) is 0 Å². The molecule has 266 valence electrons. The Morgan fingerprint density at radius 1 is 0.351 bits per heavy atom. The summed E-state index contributed by atoms with van der Waals surface area (Å²) in [6, 6.07) is 68.2. The van der Waals surface area contributed by atoms with Gasteiger partial charge < -0.3 is 13.6 Å². The van der Waals surface area contributed by atoms with Crippen LogP contribution >= 0.6 is 0 Å². The molecule has 4 heterocycles. The van der Waals surface area contributed by atoms with Crippen LogP contribution in [0, 0.1) is 0 Å². The lowest BCUT2D eigenvalue weighted by atomic mass is 10.1. The first kappa shape index (κ1) is 31.6. The van der Waals surface area contributed by atoms with Crippen molar-refractivity contribution in [2.45, 2.75) is 0 Å². The van der Waals surface area contributed by atoms with Gasteiger partial charge in [-0.05, 0) is 54.6 Å². The normalized spacial score (nSPS) is 11.9. The van der Waals surface area contributed by atoms with Gasteiger partial charge in [0.1, 0.15) is 5.58 Å². The number of hydrogen-bond donors (Lipinski definition) is 0. The fourth-order valence-electron chi connectivity index (χ4n) is 8.78. The second-order valence-electron chi connectivity index (χ2n) is 14.6. The summed E-state index contributed by atoms with van der Waals surface area (Å²) in [7, 11) is 0. The lowest BCUT2D eigenvalue weighted by Gasteiger charge is -2.10. The molecule has 12 rings (SSSR count). The summed E-state index contributed by atoms with van der Waals surface area (Å²) < 4.78 is 11.9. The van der Waals surface area contributed by atoms with Crippen LogP contribution < -0.4 is 0 Å². The average molecular weight is 729 g/mol. The van der Waals surface area contributed by atoms with Crippen molar-refractivity contribution in [3.8, 4) is 45.3 Å². The summed E-state index contributed by atoms with van der Waals surface area (Å²) >= 11 is 0. The molecule has 0 spiro atoms. The van der Waals surface area contributed by atoms with Crippen molar-refractivity contribution in [1.82, 2.24) is 19.1 Å². The van der Waals surface area contributed by atoms with Crippen LogP contribution in [0.25, 0.3) is 111 Å². The van der Waals surface area contributed by atoms with Gasteiger partial charge in [0.2, 0.25) is 0 Å². The molecule has 0 atom stereocenters. The zero-order chi connectivity index (χ0) is 37.5. The first-order valence-corrected chi connectivity index (χ1v) is 19.3. The molecule has 0 unspecified atom stereocenters. The highest BCUT2D eigenvalue weighted by Gasteiger charge is 2.22. The van der Waals surface area contributed by atoms with E-state index in [1.54, 1.807) is 0 Å². The SMILES string of the molecule is c1ccc(-c2cc(-c3ccccc3)nc(-c3cccc4c3oc3c(-n5c6ccccc6c6cc7c8ccccc8n(-c8ccccc8)c7cc65)cccc34)n2)cc1. The van der Waals surface area contributed by atoms with E-state index in [0.29, 0.717) is 5.82 Å². The molecule has 8 aromatic carbocycles. The molecule has 57 heavy (non-hydrogen) atoms. The molecular formula is C52H32N4O. The molecule has 5 nitrogen and oxygen atoms in total. The smallest absolute Gasteiger partial charge is 0.164 e. The number of aromatic nitrogens is 4. The minimum Gasteiger partial charge on any atom is -0.453 e. The molecular weight excluding hydrogens is 697 g/mol. The summed E-state index contributed by atoms with van der Waals surface area (Å²) in [6.45, 7) is 0. The van der Waals surface area contributed by atoms with Crippen molar-refractivity contribution < 1.29 is 4.42 Å². The van der Waals surface area contributed by atoms with Gasteiger partial charge >= 0.3 is 0 Å². The van der Waals surface area contributed by atoms with E-state index in [4.69, 9.17) is 14.4 Å². The van der Waals surface area contributed by atoms with Gasteiger partial charge in [0, 0.05) is 49.1 Å². The van der Waals surface area contributed by atoms with Gasteiger partial charge in [0.25, 0.3) is 0 Å². The third kappa shape index (κ3) is 4.82. The number of benzene rings is 8. The first-order valence-electron chi connectivity index (χ1n) is 19.3. The van der Waals surface area contributed by atoms with E-state index < -0.39 is 0 Å². The van der Waals surface area contributed by atoms with Crippen LogP contribution in [0.15, 0.2) is 199 Å². The van der Waals surface area contributed by atoms with Crippen LogP contribution in [0.5, 0.6) is 0 Å². The van der Waals surface area contributed by atoms with Gasteiger partial charge in [-0.1, -0.05) is 140 Å². The zero-order valence-electron chi connectivity index (χ0n) is 30.7. The molecule has 0 bridgehead atoms. The Bertz CT molecular complexity index is 3450. The van der Waals surface area contributed by atoms with Crippen LogP contribution in [0.1, 0.15) is 0 Å². The Morgan fingerprint density at radius 3 is 1.51 bits per heavy atom. The largest absolute Gasteiger partial charge is 0.453 e. The number of furan rings is 1. The van der Waals surface area contributed by atoms with Gasteiger partial charge in [-0.2, -0.15) is 0 Å². The predicted molar refractivity (Wildman–Crippen MR) is 234 cm³/mol. The number of rotatable bonds is 5. The van der Waals surface area contributed by atoms with E-state index in [1.807, 2.05) is 36.4 Å². The lowest BCUT2D eigenvalue weighted by molar-refractivity contribution is 0.667. The van der Waals surface area contributed by atoms with E-state index in [1.165, 1.54) is 27.1 Å². The number of fused-ring (bicyclic) bond motifs is 9. The summed E-state index contributed by atoms with van der Waals surface area (Å²) in [5, 5.41) is 6.91. The molecule has 0 saturated carbocycles. The van der Waals surface area contributed by atoms with Crippen LogP contribution in [-0.2, 0) is 0 Å². The zero-order valence-corrected chi connectivity index (χ0v) is 30.7. The van der Waals surface area contributed by atoms with Gasteiger partial charge in [-0.25, -0.2) is 9.97 Å². The van der Waals surface area contributed by atoms with Crippen molar-refractivity contribution in [2.24, 2.45) is 0 Å². The Morgan fingerprint density at radius 2 is 0.860 bits per heavy atom. The minimum atomic E-state index is 0.620. The highest BCUT2D eigenvalue weighted by Crippen LogP contribution is 2.43. The van der Waals surface area contributed by atoms with E-state index in [-0.39, 0.29) is 0 Å². The van der Waals surface area contributed by atoms with Crippen molar-refractivity contribution >= 4 is 65.6 Å². The van der Waals surface area contributed by atoms with Crippen LogP contribution in [-0.4, -0.2) is 19.1 Å². The Balaban J connectivity index is 1.13. The first-order chi connectivity index (χ1) is 28.3. The second kappa shape index (κ2) is 12.4. The maximum atomic E-state index is 7.10. The molecule has 0 saturated heterocycles. The number of para-hydroxylation sites is 5. The van der Waals surface area contributed by atoms with E-state index in [9.17, 15) is 0 Å². The maximum absolute atomic E-state index is 7.10. The molecule has 12 aromatic rings. The van der Waals surface area contributed by atoms with Gasteiger partial charge in [-0.15, -0.1) is 0 Å². The Kier molecular flexibility index (Phi) is 6.86. The lowest BCUT2D eigenvalue weighted by Crippen LogP contribution is -1.96. The van der Waals surface area contributed by atoms with Gasteiger partial charge in [0.15, 0.2) is 11.4 Å². The van der Waals surface area contributed by atoms with Crippen LogP contribution in [0.3, 0.4) is 0 Å². The molecule has 5 heteroatoms. The number of hydrogen-bond acceptors (Lipinski definition) is 3. The Hall–Kier alpha value is -7.76. The van der Waals surface area contributed by atoms with Gasteiger partial charge in [0.05, 0.1) is 44.7 Å². The fraction of sp³-hybridized carbons (Fsp3) is 0. The van der Waals surface area contributed by atoms with E-state index in [0.717, 1.165) is 77.9 Å². The topological polar surface area (TPSA) is 48.8 Å². The van der Waals surface area contributed by atoms with Crippen molar-refractivity contribution in [3.05, 3.63) is 194 Å². The quantitative estimate of drug-likeness (QED) is 0.177. The van der Waals surface area contributed by atoms with Crippen molar-refractivity contribution in [3.63, 3.8) is 0 Å². The highest BCUT2D eigenvalue weighted by atomic mass is 16.3. The molecule has 0 aliphatic rings. The standard InChI is InChI=1S/C52H32N4O/c1-4-16-33(17-5-1)43-31-44(34-18-6-2-7-19-34)54-52(53-43)40-26-14-24-38-39-25-15-29-47(51(39)57-50(38)40)56-46-28-13-11-23-37(46)42-30-41-36-22-10-12-27-45(36)55(48(41)32-49(42)56)35-20-8-3-9-21-35/h1-32H. The third-order valence-electron chi connectivity index (χ3n) is 11.3. The molecule has 0 aliphatic carbocycles. The molecule has 0 aliphatic heterocycles. The highest BCUT2D eigenvalue weighted by molar-refractivity contribution is 6.20. The summed E-state index contributed by atoms with van der Waals surface area (Å²) in [6.07, 6.45) is 0. The molecule has 0 N–H and O–H groups in total. The van der Waals surface area contributed by atoms with E-state index in [2.05, 4.69) is 167 Å². The summed E-state index contributed by atoms with van der Waals surface area (Å²) in [5.74, 6) is 0.620. The van der Waals surface area contributed by atoms with E-state index >= 15 is 0 Å². The minimum absolute atomic E-state index is 0.620. The third-order valence-corrected chi connectivity index (χ3v) is 11.3. The van der Waals surface area contributed by atoms with Crippen molar-refractivity contribution in [2.75, 3.05) is 0 Å². The van der Waals surface area contributed by atoms with Crippen LogP contribution in [0.4, 0.5) is 0 Å². The Labute approximate surface area is 327 Å². The number of nitrogens with zero attached hydrogens (tertiary/aromatic N) is 4. The second-order valence-corrected chi connectivity index (χ2v) is 14.6. The molecule has 0 amide bonds. The summed E-state index contributed by atoms with van der Waals surface area (Å²) in [4.78, 5) is 10.4.